The Bertz CT molecular complexity index is 1070. The van der Waals surface area contributed by atoms with Crippen molar-refractivity contribution in [1.29, 1.82) is 0 Å². The summed E-state index contributed by atoms with van der Waals surface area (Å²) < 4.78 is 1.96. The molecule has 6 nitrogen and oxygen atoms in total. The van der Waals surface area contributed by atoms with Crippen LogP contribution in [0.25, 0.3) is 10.9 Å². The number of thioether (sulfide) groups is 1. The minimum atomic E-state index is -0.983. The molecular formula is C21H21N3O3S. The molecule has 1 aliphatic rings. The molecule has 1 saturated heterocycles. The van der Waals surface area contributed by atoms with Crippen molar-refractivity contribution in [2.45, 2.75) is 25.8 Å². The van der Waals surface area contributed by atoms with E-state index in [-0.39, 0.29) is 17.5 Å². The summed E-state index contributed by atoms with van der Waals surface area (Å²) in [7, 11) is 0. The maximum atomic E-state index is 11.0. The topological polar surface area (TPSA) is 87.2 Å². The second-order valence-electron chi connectivity index (χ2n) is 7.22. The summed E-state index contributed by atoms with van der Waals surface area (Å²) in [6.45, 7) is 4.26. The number of nitrogens with zero attached hydrogens (tertiary/aromatic N) is 3. The molecule has 0 saturated carbocycles. The van der Waals surface area contributed by atoms with Gasteiger partial charge in [0.05, 0.1) is 22.8 Å². The lowest BCUT2D eigenvalue weighted by molar-refractivity contribution is 0.0697. The number of hydrogen-bond acceptors (Lipinski definition) is 5. The average Bonchev–Trinajstić information content (AvgIpc) is 2.90. The molecule has 0 aliphatic carbocycles. The van der Waals surface area contributed by atoms with Gasteiger partial charge < -0.3 is 14.8 Å². The number of azo groups is 1. The maximum absolute atomic E-state index is 11.0. The Morgan fingerprint density at radius 3 is 2.43 bits per heavy atom. The second-order valence-corrected chi connectivity index (χ2v) is 8.29. The van der Waals surface area contributed by atoms with Crippen LogP contribution in [0.2, 0.25) is 0 Å². The number of carboxylic acids is 1. The number of aromatic nitrogens is 1. The molecule has 0 amide bonds. The first-order valence-corrected chi connectivity index (χ1v) is 10.3. The van der Waals surface area contributed by atoms with Gasteiger partial charge in [-0.25, -0.2) is 4.79 Å². The monoisotopic (exact) mass is 395 g/mol. The summed E-state index contributed by atoms with van der Waals surface area (Å²) in [5.74, 6) is 1.45. The van der Waals surface area contributed by atoms with Gasteiger partial charge in [-0.1, -0.05) is 19.9 Å². The van der Waals surface area contributed by atoms with Crippen LogP contribution < -0.4 is 0 Å². The Kier molecular flexibility index (Phi) is 4.85. The zero-order chi connectivity index (χ0) is 19.8. The third-order valence-electron chi connectivity index (χ3n) is 5.01. The van der Waals surface area contributed by atoms with E-state index in [1.54, 1.807) is 12.1 Å². The molecule has 0 atom stereocenters. The van der Waals surface area contributed by atoms with Crippen molar-refractivity contribution in [3.8, 4) is 5.88 Å². The summed E-state index contributed by atoms with van der Waals surface area (Å²) in [4.78, 5) is 11.0. The lowest BCUT2D eigenvalue weighted by atomic mass is 10.0. The standard InChI is InChI=1S/C21H21N3O3S/c1-12(2)14-5-8-18-17(9-14)19(20(25)24(18)16-10-28-11-16)23-22-15-6-3-13(4-7-15)21(26)27/h3-9,12,16,25H,10-11H2,1-2H3,(H,26,27). The van der Waals surface area contributed by atoms with Crippen molar-refractivity contribution in [2.24, 2.45) is 10.2 Å². The summed E-state index contributed by atoms with van der Waals surface area (Å²) in [5, 5.41) is 29.3. The van der Waals surface area contributed by atoms with Crippen LogP contribution in [0.5, 0.6) is 5.88 Å². The molecule has 0 bridgehead atoms. The van der Waals surface area contributed by atoms with Crippen LogP contribution in [0.3, 0.4) is 0 Å². The number of hydrogen-bond donors (Lipinski definition) is 2. The molecule has 1 fully saturated rings. The van der Waals surface area contributed by atoms with Gasteiger partial charge in [-0.05, 0) is 47.9 Å². The molecule has 2 heterocycles. The SMILES string of the molecule is CC(C)c1ccc2c(c1)c(N=Nc1ccc(C(=O)O)cc1)c(O)n2C1CSC1. The van der Waals surface area contributed by atoms with E-state index in [2.05, 4.69) is 36.2 Å². The lowest BCUT2D eigenvalue weighted by Crippen LogP contribution is -2.22. The van der Waals surface area contributed by atoms with E-state index in [1.165, 1.54) is 17.7 Å². The molecule has 0 spiro atoms. The van der Waals surface area contributed by atoms with E-state index in [1.807, 2.05) is 22.4 Å². The van der Waals surface area contributed by atoms with E-state index >= 15 is 0 Å². The zero-order valence-electron chi connectivity index (χ0n) is 15.7. The number of aromatic carboxylic acids is 1. The highest BCUT2D eigenvalue weighted by molar-refractivity contribution is 8.00. The van der Waals surface area contributed by atoms with Crippen LogP contribution in [0.1, 0.15) is 41.7 Å². The van der Waals surface area contributed by atoms with E-state index < -0.39 is 5.97 Å². The highest BCUT2D eigenvalue weighted by atomic mass is 32.2. The molecule has 7 heteroatoms. The second kappa shape index (κ2) is 7.31. The first-order chi connectivity index (χ1) is 13.5. The predicted molar refractivity (Wildman–Crippen MR) is 112 cm³/mol. The molecule has 28 heavy (non-hydrogen) atoms. The molecule has 0 unspecified atom stereocenters. The smallest absolute Gasteiger partial charge is 0.335 e. The summed E-state index contributed by atoms with van der Waals surface area (Å²) >= 11 is 1.85. The van der Waals surface area contributed by atoms with Crippen molar-refractivity contribution < 1.29 is 15.0 Å². The van der Waals surface area contributed by atoms with Gasteiger partial charge in [0.25, 0.3) is 0 Å². The third-order valence-corrected chi connectivity index (χ3v) is 6.25. The van der Waals surface area contributed by atoms with Crippen molar-refractivity contribution in [1.82, 2.24) is 4.57 Å². The summed E-state index contributed by atoms with van der Waals surface area (Å²) in [5.41, 5.74) is 3.32. The Labute approximate surface area is 166 Å². The van der Waals surface area contributed by atoms with Gasteiger partial charge >= 0.3 is 5.97 Å². The van der Waals surface area contributed by atoms with Crippen molar-refractivity contribution in [3.63, 3.8) is 0 Å². The minimum Gasteiger partial charge on any atom is -0.493 e. The van der Waals surface area contributed by atoms with Gasteiger partial charge in [-0.2, -0.15) is 16.9 Å². The van der Waals surface area contributed by atoms with Crippen molar-refractivity contribution in [3.05, 3.63) is 53.6 Å². The fourth-order valence-corrected chi connectivity index (χ4v) is 4.02. The summed E-state index contributed by atoms with van der Waals surface area (Å²) in [6.07, 6.45) is 0. The maximum Gasteiger partial charge on any atom is 0.335 e. The number of aromatic hydroxyl groups is 1. The van der Waals surface area contributed by atoms with E-state index in [0.29, 0.717) is 17.3 Å². The van der Waals surface area contributed by atoms with Gasteiger partial charge in [0.1, 0.15) is 0 Å². The number of rotatable bonds is 5. The molecule has 0 radical (unpaired) electrons. The minimum absolute atomic E-state index is 0.132. The van der Waals surface area contributed by atoms with E-state index in [0.717, 1.165) is 22.4 Å². The zero-order valence-corrected chi connectivity index (χ0v) is 16.5. The normalized spacial score (nSPS) is 14.8. The molecule has 144 valence electrons. The molecule has 4 rings (SSSR count). The van der Waals surface area contributed by atoms with Crippen LogP contribution >= 0.6 is 11.8 Å². The average molecular weight is 395 g/mol. The lowest BCUT2D eigenvalue weighted by Gasteiger charge is -2.27. The first kappa shape index (κ1) is 18.6. The van der Waals surface area contributed by atoms with Gasteiger partial charge in [0, 0.05) is 16.9 Å². The van der Waals surface area contributed by atoms with Gasteiger partial charge in [0.2, 0.25) is 5.88 Å². The fraction of sp³-hybridized carbons (Fsp3) is 0.286. The Morgan fingerprint density at radius 1 is 1.14 bits per heavy atom. The summed E-state index contributed by atoms with van der Waals surface area (Å²) in [6, 6.07) is 12.7. The molecule has 1 aliphatic heterocycles. The number of carbonyl (C=O) groups is 1. The van der Waals surface area contributed by atoms with E-state index in [9.17, 15) is 9.90 Å². The van der Waals surface area contributed by atoms with Crippen molar-refractivity contribution in [2.75, 3.05) is 11.5 Å². The van der Waals surface area contributed by atoms with Crippen LogP contribution in [0, 0.1) is 0 Å². The van der Waals surface area contributed by atoms with Gasteiger partial charge in [-0.3, -0.25) is 0 Å². The van der Waals surface area contributed by atoms with Gasteiger partial charge in [0.15, 0.2) is 5.69 Å². The number of benzene rings is 2. The van der Waals surface area contributed by atoms with Crippen LogP contribution in [0.4, 0.5) is 11.4 Å². The predicted octanol–water partition coefficient (Wildman–Crippen LogP) is 5.87. The van der Waals surface area contributed by atoms with Crippen molar-refractivity contribution >= 4 is 40.0 Å². The van der Waals surface area contributed by atoms with Gasteiger partial charge in [-0.15, -0.1) is 5.11 Å². The van der Waals surface area contributed by atoms with Crippen LogP contribution in [0.15, 0.2) is 52.7 Å². The largest absolute Gasteiger partial charge is 0.493 e. The quantitative estimate of drug-likeness (QED) is 0.529. The molecule has 3 aromatic rings. The number of carboxylic acid groups (broad SMARTS) is 1. The fourth-order valence-electron chi connectivity index (χ4n) is 3.28. The molecule has 1 aromatic heterocycles. The third kappa shape index (κ3) is 3.26. The Morgan fingerprint density at radius 2 is 1.86 bits per heavy atom. The Hall–Kier alpha value is -2.80. The molecular weight excluding hydrogens is 374 g/mol. The number of fused-ring (bicyclic) bond motifs is 1. The highest BCUT2D eigenvalue weighted by Crippen LogP contribution is 2.45. The highest BCUT2D eigenvalue weighted by Gasteiger charge is 2.27. The van der Waals surface area contributed by atoms with Crippen LogP contribution in [-0.2, 0) is 0 Å². The van der Waals surface area contributed by atoms with Crippen LogP contribution in [-0.4, -0.2) is 32.3 Å². The molecule has 2 aromatic carbocycles. The first-order valence-electron chi connectivity index (χ1n) is 9.15. The molecule has 2 N–H and O–H groups in total. The Balaban J connectivity index is 1.79. The van der Waals surface area contributed by atoms with E-state index in [4.69, 9.17) is 5.11 Å².